The van der Waals surface area contributed by atoms with Crippen molar-refractivity contribution in [2.45, 2.75) is 56.8 Å². The van der Waals surface area contributed by atoms with Crippen molar-refractivity contribution in [3.05, 3.63) is 0 Å². The Balaban J connectivity index is 0. The van der Waals surface area contributed by atoms with Gasteiger partial charge in [-0.1, -0.05) is 0 Å². The fourth-order valence-corrected chi connectivity index (χ4v) is 1.89. The van der Waals surface area contributed by atoms with E-state index in [-0.39, 0.29) is 58.3 Å². The summed E-state index contributed by atoms with van der Waals surface area (Å²) >= 11 is 0. The van der Waals surface area contributed by atoms with Crippen molar-refractivity contribution in [2.24, 2.45) is 0 Å². The van der Waals surface area contributed by atoms with E-state index in [2.05, 4.69) is 0 Å². The van der Waals surface area contributed by atoms with Crippen LogP contribution in [0.5, 0.6) is 0 Å². The van der Waals surface area contributed by atoms with Crippen LogP contribution >= 0.6 is 0 Å². The Morgan fingerprint density at radius 2 is 0.514 bits per heavy atom. The van der Waals surface area contributed by atoms with Gasteiger partial charge in [-0.3, -0.25) is 19.2 Å². The van der Waals surface area contributed by atoms with E-state index in [0.29, 0.717) is 0 Å². The van der Waals surface area contributed by atoms with Crippen molar-refractivity contribution in [3.8, 4) is 0 Å². The fraction of sp³-hybridized carbons (Fsp3) is 0.765. The van der Waals surface area contributed by atoms with Gasteiger partial charge in [-0.15, -0.1) is 0 Å². The van der Waals surface area contributed by atoms with Crippen LogP contribution in [-0.4, -0.2) is 74.5 Å². The summed E-state index contributed by atoms with van der Waals surface area (Å²) in [5, 5.41) is 6.31. The van der Waals surface area contributed by atoms with Crippen LogP contribution in [-0.2, 0) is 19.2 Å². The zero-order chi connectivity index (χ0) is 29.5. The second-order valence-corrected chi connectivity index (χ2v) is 6.78. The summed E-state index contributed by atoms with van der Waals surface area (Å²) in [4.78, 5) is 41.2. The molecule has 0 radical (unpaired) electrons. The minimum Gasteiger partial charge on any atom is -0.348 e. The van der Waals surface area contributed by atoms with Gasteiger partial charge >= 0.3 is 48.3 Å². The van der Waals surface area contributed by atoms with Crippen LogP contribution in [0.2, 0.25) is 0 Å². The molecule has 218 valence electrons. The molecule has 4 N–H and O–H groups in total. The normalized spacial score (nSPS) is 12.1. The standard InChI is InChI=1S/C9H12F6N2O2.C8H10F6N2O2/c10-8(11,12)6(18)16-4-2-1-3-5-17-7(19)9(13,14)15;9-7(10,11)5(17)15-3-1-2-4-16-6(18)8(12,13)14/h1-5H2,(H,16,18)(H,17,19);1-4H2,(H,15,17)(H,16,18). The predicted molar refractivity (Wildman–Crippen MR) is 99.3 cm³/mol. The van der Waals surface area contributed by atoms with Gasteiger partial charge in [0.2, 0.25) is 0 Å². The quantitative estimate of drug-likeness (QED) is 0.224. The molecule has 0 spiro atoms. The minimum atomic E-state index is -4.98. The number of hydrogen-bond acceptors (Lipinski definition) is 4. The van der Waals surface area contributed by atoms with Crippen LogP contribution < -0.4 is 21.3 Å². The highest BCUT2D eigenvalue weighted by Gasteiger charge is 2.40. The lowest BCUT2D eigenvalue weighted by Gasteiger charge is -2.09. The lowest BCUT2D eigenvalue weighted by atomic mass is 10.2. The molecular weight excluding hydrogens is 552 g/mol. The highest BCUT2D eigenvalue weighted by Crippen LogP contribution is 2.16. The van der Waals surface area contributed by atoms with Gasteiger partial charge in [0.15, 0.2) is 0 Å². The average Bonchev–Trinajstić information content (AvgIpc) is 2.72. The average molecular weight is 574 g/mol. The third-order valence-electron chi connectivity index (χ3n) is 3.63. The minimum absolute atomic E-state index is 0.0138. The number of carbonyl (C=O) groups excluding carboxylic acids is 4. The number of carbonyl (C=O) groups is 4. The maximum absolute atomic E-state index is 11.7. The Bertz CT molecular complexity index is 674. The van der Waals surface area contributed by atoms with E-state index < -0.39 is 48.3 Å². The second kappa shape index (κ2) is 16.0. The van der Waals surface area contributed by atoms with Gasteiger partial charge in [0.05, 0.1) is 0 Å². The third kappa shape index (κ3) is 19.9. The van der Waals surface area contributed by atoms with Crippen LogP contribution in [0.3, 0.4) is 0 Å². The van der Waals surface area contributed by atoms with Crippen molar-refractivity contribution < 1.29 is 71.9 Å². The van der Waals surface area contributed by atoms with Gasteiger partial charge in [0.25, 0.3) is 0 Å². The Hall–Kier alpha value is -2.96. The first-order valence-corrected chi connectivity index (χ1v) is 10.00. The topological polar surface area (TPSA) is 116 Å². The molecule has 0 aromatic heterocycles. The number of nitrogens with one attached hydrogen (secondary N) is 4. The van der Waals surface area contributed by atoms with Crippen LogP contribution in [0.4, 0.5) is 52.7 Å². The molecule has 0 saturated carbocycles. The van der Waals surface area contributed by atoms with Crippen molar-refractivity contribution in [3.63, 3.8) is 0 Å². The number of hydrogen-bond donors (Lipinski definition) is 4. The van der Waals surface area contributed by atoms with Gasteiger partial charge in [-0.25, -0.2) is 0 Å². The van der Waals surface area contributed by atoms with Crippen molar-refractivity contribution in [1.29, 1.82) is 0 Å². The predicted octanol–water partition coefficient (Wildman–Crippen LogP) is 2.64. The maximum Gasteiger partial charge on any atom is 0.471 e. The Morgan fingerprint density at radius 1 is 0.351 bits per heavy atom. The monoisotopic (exact) mass is 574 g/mol. The molecule has 8 nitrogen and oxygen atoms in total. The van der Waals surface area contributed by atoms with Crippen molar-refractivity contribution in [1.82, 2.24) is 21.3 Å². The van der Waals surface area contributed by atoms with E-state index in [1.165, 1.54) is 0 Å². The van der Waals surface area contributed by atoms with E-state index >= 15 is 0 Å². The Morgan fingerprint density at radius 3 is 0.676 bits per heavy atom. The first-order valence-electron chi connectivity index (χ1n) is 10.00. The summed E-state index contributed by atoms with van der Waals surface area (Å²) in [6, 6.07) is 0. The number of alkyl halides is 12. The van der Waals surface area contributed by atoms with Gasteiger partial charge in [-0.05, 0) is 32.1 Å². The van der Waals surface area contributed by atoms with Crippen molar-refractivity contribution in [2.75, 3.05) is 26.2 Å². The van der Waals surface area contributed by atoms with Gasteiger partial charge in [0.1, 0.15) is 0 Å². The lowest BCUT2D eigenvalue weighted by molar-refractivity contribution is -0.173. The van der Waals surface area contributed by atoms with E-state index in [1.807, 2.05) is 0 Å². The van der Waals surface area contributed by atoms with Crippen LogP contribution in [0.15, 0.2) is 0 Å². The highest BCUT2D eigenvalue weighted by molar-refractivity contribution is 5.82. The molecule has 0 aromatic carbocycles. The first-order chi connectivity index (χ1) is 16.6. The molecule has 4 amide bonds. The SMILES string of the molecule is O=C(NCCCCCNC(=O)C(F)(F)F)C(F)(F)F.O=C(NCCCCNC(=O)C(F)(F)F)C(F)(F)F. The molecular formula is C17H22F12N4O4. The summed E-state index contributed by atoms with van der Waals surface area (Å²) in [6.07, 6.45) is -19.2. The largest absolute Gasteiger partial charge is 0.471 e. The molecule has 0 aliphatic rings. The summed E-state index contributed by atoms with van der Waals surface area (Å²) < 4.78 is 140. The van der Waals surface area contributed by atoms with Crippen LogP contribution in [0.1, 0.15) is 32.1 Å². The summed E-state index contributed by atoms with van der Waals surface area (Å²) in [6.45, 7) is -1.13. The molecule has 0 aliphatic carbocycles. The molecule has 0 heterocycles. The molecule has 20 heteroatoms. The number of halogens is 12. The second-order valence-electron chi connectivity index (χ2n) is 6.78. The third-order valence-corrected chi connectivity index (χ3v) is 3.63. The van der Waals surface area contributed by atoms with Gasteiger partial charge in [0, 0.05) is 26.2 Å². The van der Waals surface area contributed by atoms with Gasteiger partial charge in [-0.2, -0.15) is 52.7 Å². The zero-order valence-electron chi connectivity index (χ0n) is 18.5. The molecule has 0 atom stereocenters. The lowest BCUT2D eigenvalue weighted by Crippen LogP contribution is -2.38. The molecule has 0 unspecified atom stereocenters. The maximum atomic E-state index is 11.7. The molecule has 37 heavy (non-hydrogen) atoms. The smallest absolute Gasteiger partial charge is 0.348 e. The van der Waals surface area contributed by atoms with Crippen molar-refractivity contribution >= 4 is 23.6 Å². The molecule has 0 bridgehead atoms. The number of unbranched alkanes of at least 4 members (excludes halogenated alkanes) is 3. The molecule has 0 rings (SSSR count). The highest BCUT2D eigenvalue weighted by atomic mass is 19.4. The fourth-order valence-electron chi connectivity index (χ4n) is 1.89. The van der Waals surface area contributed by atoms with E-state index in [1.54, 1.807) is 21.3 Å². The number of rotatable bonds is 11. The molecule has 0 fully saturated rings. The van der Waals surface area contributed by atoms with E-state index in [0.717, 1.165) is 0 Å². The van der Waals surface area contributed by atoms with Crippen LogP contribution in [0, 0.1) is 0 Å². The van der Waals surface area contributed by atoms with Gasteiger partial charge < -0.3 is 21.3 Å². The van der Waals surface area contributed by atoms with Crippen LogP contribution in [0.25, 0.3) is 0 Å². The summed E-state index contributed by atoms with van der Waals surface area (Å²) in [7, 11) is 0. The summed E-state index contributed by atoms with van der Waals surface area (Å²) in [5.74, 6) is -8.33. The summed E-state index contributed by atoms with van der Waals surface area (Å²) in [5.41, 5.74) is 0. The van der Waals surface area contributed by atoms with E-state index in [4.69, 9.17) is 0 Å². The van der Waals surface area contributed by atoms with E-state index in [9.17, 15) is 71.9 Å². The zero-order valence-corrected chi connectivity index (χ0v) is 18.5. The Kier molecular flexibility index (Phi) is 15.7. The first kappa shape index (κ1) is 36.2. The molecule has 0 aliphatic heterocycles. The number of amides is 4. The Labute approximate surface area is 200 Å². The molecule has 0 aromatic rings. The molecule has 0 saturated heterocycles.